The summed E-state index contributed by atoms with van der Waals surface area (Å²) < 4.78 is 14.5. The van der Waals surface area contributed by atoms with Gasteiger partial charge in [0, 0.05) is 30.7 Å². The molecule has 1 unspecified atom stereocenters. The molecule has 1 aliphatic rings. The van der Waals surface area contributed by atoms with Crippen LogP contribution in [-0.2, 0) is 16.1 Å². The van der Waals surface area contributed by atoms with Crippen molar-refractivity contribution in [2.24, 2.45) is 5.41 Å². The second-order valence-electron chi connectivity index (χ2n) is 6.94. The molecule has 6 heteroatoms. The standard InChI is InChI=1S/C18H23N3O2S/c1-4-16(22)21(12-18(2,3)15-9-6-10-23-15)11-13-7-5-8-14-17(13)20-24-19-14/h4-5,7-8,15H,1,6,9-12H2,2-3H3. The van der Waals surface area contributed by atoms with Gasteiger partial charge in [-0.1, -0.05) is 32.6 Å². The van der Waals surface area contributed by atoms with Crippen LogP contribution in [0, 0.1) is 5.41 Å². The van der Waals surface area contributed by atoms with Crippen molar-refractivity contribution in [3.63, 3.8) is 0 Å². The number of carbonyl (C=O) groups excluding carboxylic acids is 1. The summed E-state index contributed by atoms with van der Waals surface area (Å²) in [7, 11) is 0. The number of hydrogen-bond donors (Lipinski definition) is 0. The van der Waals surface area contributed by atoms with E-state index in [-0.39, 0.29) is 17.4 Å². The van der Waals surface area contributed by atoms with Crippen LogP contribution >= 0.6 is 11.7 Å². The van der Waals surface area contributed by atoms with E-state index in [2.05, 4.69) is 29.2 Å². The lowest BCUT2D eigenvalue weighted by Crippen LogP contribution is -2.43. The first-order chi connectivity index (χ1) is 11.5. The third kappa shape index (κ3) is 3.49. The SMILES string of the molecule is C=CC(=O)N(Cc1cccc2nsnc12)CC(C)(C)C1CCCO1. The summed E-state index contributed by atoms with van der Waals surface area (Å²) >= 11 is 1.20. The number of benzene rings is 1. The predicted octanol–water partition coefficient (Wildman–Crippen LogP) is 3.41. The lowest BCUT2D eigenvalue weighted by Gasteiger charge is -2.36. The number of carbonyl (C=O) groups is 1. The fraction of sp³-hybridized carbons (Fsp3) is 0.500. The number of rotatable bonds is 6. The van der Waals surface area contributed by atoms with Gasteiger partial charge in [-0.05, 0) is 25.0 Å². The summed E-state index contributed by atoms with van der Waals surface area (Å²) in [4.78, 5) is 14.3. The van der Waals surface area contributed by atoms with Gasteiger partial charge in [0.15, 0.2) is 0 Å². The van der Waals surface area contributed by atoms with Gasteiger partial charge in [0.1, 0.15) is 11.0 Å². The maximum Gasteiger partial charge on any atom is 0.246 e. The zero-order valence-corrected chi connectivity index (χ0v) is 15.0. The van der Waals surface area contributed by atoms with E-state index in [1.165, 1.54) is 17.8 Å². The number of fused-ring (bicyclic) bond motifs is 1. The Kier molecular flexibility index (Phi) is 4.96. The summed E-state index contributed by atoms with van der Waals surface area (Å²) in [6.45, 7) is 9.92. The van der Waals surface area contributed by atoms with Gasteiger partial charge in [-0.25, -0.2) is 0 Å². The van der Waals surface area contributed by atoms with E-state index in [4.69, 9.17) is 4.74 Å². The van der Waals surface area contributed by atoms with Crippen LogP contribution in [0.5, 0.6) is 0 Å². The van der Waals surface area contributed by atoms with Crippen molar-refractivity contribution in [2.45, 2.75) is 39.3 Å². The predicted molar refractivity (Wildman–Crippen MR) is 95.8 cm³/mol. The molecule has 1 aromatic heterocycles. The Labute approximate surface area is 146 Å². The molecule has 3 rings (SSSR count). The van der Waals surface area contributed by atoms with Crippen LogP contribution in [0.1, 0.15) is 32.3 Å². The molecule has 1 saturated heterocycles. The van der Waals surface area contributed by atoms with Crippen molar-refractivity contribution in [2.75, 3.05) is 13.2 Å². The Morgan fingerprint density at radius 3 is 3.04 bits per heavy atom. The lowest BCUT2D eigenvalue weighted by molar-refractivity contribution is -0.129. The first-order valence-corrected chi connectivity index (χ1v) is 8.97. The van der Waals surface area contributed by atoms with Crippen molar-refractivity contribution < 1.29 is 9.53 Å². The van der Waals surface area contributed by atoms with Gasteiger partial charge in [-0.2, -0.15) is 8.75 Å². The highest BCUT2D eigenvalue weighted by atomic mass is 32.1. The Morgan fingerprint density at radius 1 is 1.50 bits per heavy atom. The Morgan fingerprint density at radius 2 is 2.33 bits per heavy atom. The number of amides is 1. The molecule has 1 aliphatic heterocycles. The molecule has 5 nitrogen and oxygen atoms in total. The number of aromatic nitrogens is 2. The Hall–Kier alpha value is -1.79. The van der Waals surface area contributed by atoms with Crippen LogP contribution in [0.4, 0.5) is 0 Å². The van der Waals surface area contributed by atoms with Gasteiger partial charge < -0.3 is 9.64 Å². The van der Waals surface area contributed by atoms with Crippen LogP contribution in [0.25, 0.3) is 11.0 Å². The van der Waals surface area contributed by atoms with Gasteiger partial charge in [0.05, 0.1) is 17.8 Å². The lowest BCUT2D eigenvalue weighted by atomic mass is 9.84. The second kappa shape index (κ2) is 6.99. The highest BCUT2D eigenvalue weighted by Gasteiger charge is 2.35. The number of ether oxygens (including phenoxy) is 1. The summed E-state index contributed by atoms with van der Waals surface area (Å²) in [5, 5.41) is 0. The molecule has 1 atom stereocenters. The fourth-order valence-electron chi connectivity index (χ4n) is 3.32. The highest BCUT2D eigenvalue weighted by molar-refractivity contribution is 7.00. The van der Waals surface area contributed by atoms with Gasteiger partial charge in [0.25, 0.3) is 0 Å². The monoisotopic (exact) mass is 345 g/mol. The molecule has 0 aliphatic carbocycles. The third-order valence-electron chi connectivity index (χ3n) is 4.62. The molecule has 1 aromatic carbocycles. The zero-order valence-electron chi connectivity index (χ0n) is 14.2. The summed E-state index contributed by atoms with van der Waals surface area (Å²) in [6, 6.07) is 5.91. The molecular weight excluding hydrogens is 322 g/mol. The largest absolute Gasteiger partial charge is 0.378 e. The molecule has 0 N–H and O–H groups in total. The van der Waals surface area contributed by atoms with Crippen LogP contribution in [0.3, 0.4) is 0 Å². The summed E-state index contributed by atoms with van der Waals surface area (Å²) in [5.41, 5.74) is 2.66. The van der Waals surface area contributed by atoms with Crippen molar-refractivity contribution in [3.05, 3.63) is 36.4 Å². The van der Waals surface area contributed by atoms with Gasteiger partial charge in [-0.3, -0.25) is 4.79 Å². The topological polar surface area (TPSA) is 55.3 Å². The molecule has 128 valence electrons. The van der Waals surface area contributed by atoms with E-state index in [9.17, 15) is 4.79 Å². The first-order valence-electron chi connectivity index (χ1n) is 8.24. The zero-order chi connectivity index (χ0) is 17.2. The minimum absolute atomic E-state index is 0.0683. The first kappa shape index (κ1) is 17.0. The van der Waals surface area contributed by atoms with Crippen LogP contribution in [0.2, 0.25) is 0 Å². The third-order valence-corrected chi connectivity index (χ3v) is 5.16. The minimum atomic E-state index is -0.108. The van der Waals surface area contributed by atoms with Crippen LogP contribution < -0.4 is 0 Å². The quantitative estimate of drug-likeness (QED) is 0.753. The van der Waals surface area contributed by atoms with Gasteiger partial charge >= 0.3 is 0 Å². The van der Waals surface area contributed by atoms with Crippen LogP contribution in [0.15, 0.2) is 30.9 Å². The van der Waals surface area contributed by atoms with E-state index in [1.54, 1.807) is 0 Å². The van der Waals surface area contributed by atoms with E-state index in [1.807, 2.05) is 23.1 Å². The molecule has 1 amide bonds. The minimum Gasteiger partial charge on any atom is -0.378 e. The normalized spacial score (nSPS) is 18.0. The van der Waals surface area contributed by atoms with Gasteiger partial charge in [-0.15, -0.1) is 0 Å². The summed E-state index contributed by atoms with van der Waals surface area (Å²) in [6.07, 6.45) is 3.71. The fourth-order valence-corrected chi connectivity index (χ4v) is 3.89. The average molecular weight is 345 g/mol. The van der Waals surface area contributed by atoms with E-state index < -0.39 is 0 Å². The molecule has 0 spiro atoms. The molecular formula is C18H23N3O2S. The van der Waals surface area contributed by atoms with Crippen molar-refractivity contribution >= 4 is 28.7 Å². The maximum atomic E-state index is 12.4. The van der Waals surface area contributed by atoms with E-state index >= 15 is 0 Å². The van der Waals surface area contributed by atoms with Crippen LogP contribution in [-0.4, -0.2) is 38.8 Å². The van der Waals surface area contributed by atoms with Crippen molar-refractivity contribution in [1.82, 2.24) is 13.6 Å². The molecule has 0 radical (unpaired) electrons. The molecule has 0 saturated carbocycles. The van der Waals surface area contributed by atoms with E-state index in [0.717, 1.165) is 36.0 Å². The van der Waals surface area contributed by atoms with Gasteiger partial charge in [0.2, 0.25) is 5.91 Å². The summed E-state index contributed by atoms with van der Waals surface area (Å²) in [5.74, 6) is -0.0683. The second-order valence-corrected chi connectivity index (χ2v) is 7.47. The number of nitrogens with zero attached hydrogens (tertiary/aromatic N) is 3. The highest BCUT2D eigenvalue weighted by Crippen LogP contribution is 2.32. The Balaban J connectivity index is 1.83. The maximum absolute atomic E-state index is 12.4. The molecule has 24 heavy (non-hydrogen) atoms. The molecule has 1 fully saturated rings. The molecule has 0 bridgehead atoms. The molecule has 2 heterocycles. The molecule has 2 aromatic rings. The van der Waals surface area contributed by atoms with E-state index in [0.29, 0.717) is 13.1 Å². The van der Waals surface area contributed by atoms with Crippen molar-refractivity contribution in [1.29, 1.82) is 0 Å². The Bertz CT molecular complexity index is 735. The van der Waals surface area contributed by atoms with Crippen molar-refractivity contribution in [3.8, 4) is 0 Å². The average Bonchev–Trinajstić information content (AvgIpc) is 3.25. The smallest absolute Gasteiger partial charge is 0.246 e. The number of hydrogen-bond acceptors (Lipinski definition) is 5.